The molecule has 2 aliphatic rings. The summed E-state index contributed by atoms with van der Waals surface area (Å²) in [6, 6.07) is 6.93. The molecule has 2 aliphatic heterocycles. The number of fused-ring (bicyclic) bond motifs is 3. The molecule has 1 unspecified atom stereocenters. The van der Waals surface area contributed by atoms with Gasteiger partial charge in [-0.3, -0.25) is 4.79 Å². The van der Waals surface area contributed by atoms with E-state index in [-0.39, 0.29) is 17.3 Å². The quantitative estimate of drug-likeness (QED) is 0.932. The second kappa shape index (κ2) is 6.56. The summed E-state index contributed by atoms with van der Waals surface area (Å²) in [6.45, 7) is 3.85. The number of pyridine rings is 1. The van der Waals surface area contributed by atoms with Gasteiger partial charge >= 0.3 is 0 Å². The molecule has 4 rings (SSSR count). The number of aromatic nitrogens is 1. The third-order valence-electron chi connectivity index (χ3n) is 5.16. The van der Waals surface area contributed by atoms with Gasteiger partial charge in [-0.1, -0.05) is 0 Å². The van der Waals surface area contributed by atoms with Gasteiger partial charge in [-0.05, 0) is 56.4 Å². The molecule has 0 radical (unpaired) electrons. The minimum Gasteiger partial charge on any atom is -0.508 e. The number of phenols is 1. The van der Waals surface area contributed by atoms with Crippen LogP contribution in [0.3, 0.4) is 0 Å². The standard InChI is InChI=1S/C20H23NO4/c1-13-18(23)11-19(25-12-16-4-2-3-9-24-16)21-8-7-14-10-15(22)5-6-17(14)20(13)21/h5-6,10-11,16,22H,2-4,7-9,12H2,1H3. The van der Waals surface area contributed by atoms with Crippen LogP contribution in [0.25, 0.3) is 11.3 Å². The molecule has 132 valence electrons. The monoisotopic (exact) mass is 341 g/mol. The second-order valence-corrected chi connectivity index (χ2v) is 6.86. The Bertz CT molecular complexity index is 850. The van der Waals surface area contributed by atoms with E-state index >= 15 is 0 Å². The number of phenolic OH excluding ortho intramolecular Hbond substituents is 1. The number of hydrogen-bond donors (Lipinski definition) is 1. The van der Waals surface area contributed by atoms with Gasteiger partial charge in [-0.15, -0.1) is 0 Å². The van der Waals surface area contributed by atoms with E-state index in [1.165, 1.54) is 0 Å². The van der Waals surface area contributed by atoms with Crippen LogP contribution < -0.4 is 10.2 Å². The highest BCUT2D eigenvalue weighted by molar-refractivity contribution is 5.70. The van der Waals surface area contributed by atoms with E-state index in [1.54, 1.807) is 18.2 Å². The first-order valence-corrected chi connectivity index (χ1v) is 8.94. The Morgan fingerprint density at radius 3 is 3.00 bits per heavy atom. The first-order chi connectivity index (χ1) is 12.1. The minimum absolute atomic E-state index is 0.0215. The molecule has 0 amide bonds. The first kappa shape index (κ1) is 16.2. The topological polar surface area (TPSA) is 60.7 Å². The molecule has 5 nitrogen and oxygen atoms in total. The largest absolute Gasteiger partial charge is 0.508 e. The zero-order valence-corrected chi connectivity index (χ0v) is 14.5. The van der Waals surface area contributed by atoms with Crippen molar-refractivity contribution in [2.24, 2.45) is 0 Å². The van der Waals surface area contributed by atoms with Gasteiger partial charge in [0.2, 0.25) is 0 Å². The Labute approximate surface area is 146 Å². The summed E-state index contributed by atoms with van der Waals surface area (Å²) < 4.78 is 13.8. The van der Waals surface area contributed by atoms with Crippen LogP contribution in [-0.2, 0) is 17.7 Å². The van der Waals surface area contributed by atoms with Crippen LogP contribution in [-0.4, -0.2) is 29.0 Å². The summed E-state index contributed by atoms with van der Waals surface area (Å²) in [5, 5.41) is 9.74. The third-order valence-corrected chi connectivity index (χ3v) is 5.16. The van der Waals surface area contributed by atoms with Gasteiger partial charge in [0.25, 0.3) is 0 Å². The van der Waals surface area contributed by atoms with E-state index in [0.717, 1.165) is 55.7 Å². The van der Waals surface area contributed by atoms with Gasteiger partial charge < -0.3 is 19.1 Å². The van der Waals surface area contributed by atoms with Gasteiger partial charge in [0.15, 0.2) is 11.3 Å². The van der Waals surface area contributed by atoms with Gasteiger partial charge in [-0.25, -0.2) is 0 Å². The second-order valence-electron chi connectivity index (χ2n) is 6.86. The predicted molar refractivity (Wildman–Crippen MR) is 95.3 cm³/mol. The van der Waals surface area contributed by atoms with Crippen LogP contribution >= 0.6 is 0 Å². The summed E-state index contributed by atoms with van der Waals surface area (Å²) in [4.78, 5) is 12.5. The van der Waals surface area contributed by atoms with Gasteiger partial charge in [0, 0.05) is 30.3 Å². The average Bonchev–Trinajstić information content (AvgIpc) is 2.63. The first-order valence-electron chi connectivity index (χ1n) is 8.94. The minimum atomic E-state index is -0.0215. The highest BCUT2D eigenvalue weighted by Crippen LogP contribution is 2.35. The molecular weight excluding hydrogens is 318 g/mol. The number of ether oxygens (including phenoxy) is 2. The molecule has 1 aromatic carbocycles. The normalized spacial score (nSPS) is 19.2. The number of hydrogen-bond acceptors (Lipinski definition) is 4. The molecule has 0 aliphatic carbocycles. The summed E-state index contributed by atoms with van der Waals surface area (Å²) in [6.07, 6.45) is 4.19. The number of aromatic hydroxyl groups is 1. The molecule has 0 spiro atoms. The molecule has 1 aromatic heterocycles. The zero-order valence-electron chi connectivity index (χ0n) is 14.5. The molecule has 25 heavy (non-hydrogen) atoms. The maximum atomic E-state index is 12.5. The molecule has 1 saturated heterocycles. The van der Waals surface area contributed by atoms with Crippen molar-refractivity contribution in [3.63, 3.8) is 0 Å². The van der Waals surface area contributed by atoms with Crippen molar-refractivity contribution in [3.8, 4) is 22.9 Å². The van der Waals surface area contributed by atoms with Crippen LogP contribution in [0, 0.1) is 6.92 Å². The van der Waals surface area contributed by atoms with Crippen LogP contribution in [0.5, 0.6) is 11.6 Å². The van der Waals surface area contributed by atoms with Crippen molar-refractivity contribution in [1.29, 1.82) is 0 Å². The summed E-state index contributed by atoms with van der Waals surface area (Å²) in [7, 11) is 0. The van der Waals surface area contributed by atoms with Crippen LogP contribution in [0.1, 0.15) is 30.4 Å². The lowest BCUT2D eigenvalue weighted by molar-refractivity contribution is -0.0127. The van der Waals surface area contributed by atoms with E-state index in [9.17, 15) is 9.90 Å². The Hall–Kier alpha value is -2.27. The number of rotatable bonds is 3. The van der Waals surface area contributed by atoms with Crippen molar-refractivity contribution < 1.29 is 14.6 Å². The predicted octanol–water partition coefficient (Wildman–Crippen LogP) is 3.03. The van der Waals surface area contributed by atoms with Crippen LogP contribution in [0.2, 0.25) is 0 Å². The zero-order chi connectivity index (χ0) is 17.4. The fraction of sp³-hybridized carbons (Fsp3) is 0.450. The van der Waals surface area contributed by atoms with Crippen molar-refractivity contribution in [1.82, 2.24) is 4.57 Å². The Balaban J connectivity index is 1.70. The summed E-state index contributed by atoms with van der Waals surface area (Å²) >= 11 is 0. The van der Waals surface area contributed by atoms with Crippen molar-refractivity contribution in [2.75, 3.05) is 13.2 Å². The lowest BCUT2D eigenvalue weighted by Crippen LogP contribution is -2.28. The maximum absolute atomic E-state index is 12.5. The molecular formula is C20H23NO4. The third kappa shape index (κ3) is 3.04. The molecule has 3 heterocycles. The Kier molecular flexibility index (Phi) is 4.25. The van der Waals surface area contributed by atoms with Gasteiger partial charge in [0.05, 0.1) is 11.8 Å². The van der Waals surface area contributed by atoms with Crippen molar-refractivity contribution in [2.45, 2.75) is 45.3 Å². The smallest absolute Gasteiger partial charge is 0.197 e. The molecule has 2 aromatic rings. The van der Waals surface area contributed by atoms with Crippen LogP contribution in [0.15, 0.2) is 29.1 Å². The summed E-state index contributed by atoms with van der Waals surface area (Å²) in [5.41, 5.74) is 3.65. The highest BCUT2D eigenvalue weighted by atomic mass is 16.5. The SMILES string of the molecule is Cc1c2n(c(OCC3CCCCO3)cc1=O)CCc1cc(O)ccc1-2. The molecule has 1 fully saturated rings. The van der Waals surface area contributed by atoms with Gasteiger partial charge in [0.1, 0.15) is 12.4 Å². The number of aryl methyl sites for hydroxylation is 1. The van der Waals surface area contributed by atoms with E-state index in [2.05, 4.69) is 4.57 Å². The molecule has 0 bridgehead atoms. The van der Waals surface area contributed by atoms with Crippen LogP contribution in [0.4, 0.5) is 0 Å². The molecule has 0 saturated carbocycles. The Morgan fingerprint density at radius 1 is 1.32 bits per heavy atom. The van der Waals surface area contributed by atoms with E-state index in [0.29, 0.717) is 18.1 Å². The van der Waals surface area contributed by atoms with E-state index < -0.39 is 0 Å². The molecule has 1 atom stereocenters. The number of nitrogens with zero attached hydrogens (tertiary/aromatic N) is 1. The highest BCUT2D eigenvalue weighted by Gasteiger charge is 2.23. The maximum Gasteiger partial charge on any atom is 0.197 e. The fourth-order valence-corrected chi connectivity index (χ4v) is 3.78. The van der Waals surface area contributed by atoms with E-state index in [1.807, 2.05) is 13.0 Å². The fourth-order valence-electron chi connectivity index (χ4n) is 3.78. The number of benzene rings is 1. The Morgan fingerprint density at radius 2 is 2.20 bits per heavy atom. The molecule has 5 heteroatoms. The lowest BCUT2D eigenvalue weighted by atomic mass is 9.94. The average molecular weight is 341 g/mol. The van der Waals surface area contributed by atoms with Gasteiger partial charge in [-0.2, -0.15) is 0 Å². The molecule has 1 N–H and O–H groups in total. The van der Waals surface area contributed by atoms with E-state index in [4.69, 9.17) is 9.47 Å². The summed E-state index contributed by atoms with van der Waals surface area (Å²) in [5.74, 6) is 0.868. The van der Waals surface area contributed by atoms with Crippen molar-refractivity contribution in [3.05, 3.63) is 45.6 Å². The van der Waals surface area contributed by atoms with Crippen molar-refractivity contribution >= 4 is 0 Å². The lowest BCUT2D eigenvalue weighted by Gasteiger charge is -2.28.